The molecule has 0 unspecified atom stereocenters. The highest BCUT2D eigenvalue weighted by molar-refractivity contribution is 7.98. The Morgan fingerprint density at radius 1 is 1.04 bits per heavy atom. The molecule has 0 saturated carbocycles. The van der Waals surface area contributed by atoms with Crippen LogP contribution in [-0.4, -0.2) is 14.8 Å². The fourth-order valence-electron chi connectivity index (χ4n) is 3.20. The van der Waals surface area contributed by atoms with E-state index in [4.69, 9.17) is 4.42 Å². The van der Waals surface area contributed by atoms with E-state index < -0.39 is 0 Å². The molecule has 0 fully saturated rings. The van der Waals surface area contributed by atoms with Crippen molar-refractivity contribution in [3.8, 4) is 11.4 Å². The average molecular weight is 363 g/mol. The largest absolute Gasteiger partial charge is 0.469 e. The van der Waals surface area contributed by atoms with Crippen LogP contribution in [0, 0.1) is 6.92 Å². The third-order valence-electron chi connectivity index (χ3n) is 4.50. The first kappa shape index (κ1) is 16.9. The SMILES string of the molecule is CCCn1c(SCc2cccc3ccccc23)nnc1-c1ccoc1C. The van der Waals surface area contributed by atoms with Gasteiger partial charge in [0.15, 0.2) is 11.0 Å². The molecule has 0 saturated heterocycles. The van der Waals surface area contributed by atoms with Gasteiger partial charge in [-0.05, 0) is 35.7 Å². The zero-order valence-corrected chi connectivity index (χ0v) is 15.8. The standard InChI is InChI=1S/C21H21N3OS/c1-3-12-24-20(18-11-13-25-15(18)2)22-23-21(24)26-14-17-9-6-8-16-7-4-5-10-19(16)17/h4-11,13H,3,12,14H2,1-2H3. The van der Waals surface area contributed by atoms with Crippen LogP contribution in [-0.2, 0) is 12.3 Å². The Morgan fingerprint density at radius 3 is 2.69 bits per heavy atom. The first-order valence-electron chi connectivity index (χ1n) is 8.85. The minimum Gasteiger partial charge on any atom is -0.469 e. The van der Waals surface area contributed by atoms with Crippen LogP contribution in [0.2, 0.25) is 0 Å². The maximum atomic E-state index is 5.45. The third kappa shape index (κ3) is 3.15. The topological polar surface area (TPSA) is 43.9 Å². The Hall–Kier alpha value is -2.53. The summed E-state index contributed by atoms with van der Waals surface area (Å²) in [5, 5.41) is 12.4. The van der Waals surface area contributed by atoms with E-state index in [9.17, 15) is 0 Å². The Bertz CT molecular complexity index is 1030. The van der Waals surface area contributed by atoms with E-state index in [1.165, 1.54) is 16.3 Å². The van der Waals surface area contributed by atoms with Crippen LogP contribution in [0.25, 0.3) is 22.2 Å². The van der Waals surface area contributed by atoms with Gasteiger partial charge >= 0.3 is 0 Å². The summed E-state index contributed by atoms with van der Waals surface area (Å²) in [7, 11) is 0. The predicted molar refractivity (Wildman–Crippen MR) is 106 cm³/mol. The van der Waals surface area contributed by atoms with Crippen LogP contribution in [0.5, 0.6) is 0 Å². The van der Waals surface area contributed by atoms with Gasteiger partial charge in [-0.15, -0.1) is 10.2 Å². The van der Waals surface area contributed by atoms with Gasteiger partial charge in [-0.2, -0.15) is 0 Å². The van der Waals surface area contributed by atoms with E-state index in [1.54, 1.807) is 18.0 Å². The fraction of sp³-hybridized carbons (Fsp3) is 0.238. The van der Waals surface area contributed by atoms with Crippen LogP contribution < -0.4 is 0 Å². The summed E-state index contributed by atoms with van der Waals surface area (Å²) >= 11 is 1.74. The van der Waals surface area contributed by atoms with Crippen LogP contribution in [0.1, 0.15) is 24.7 Å². The Labute approximate surface area is 157 Å². The molecule has 4 nitrogen and oxygen atoms in total. The van der Waals surface area contributed by atoms with Crippen molar-refractivity contribution in [3.05, 3.63) is 66.1 Å². The molecule has 0 atom stereocenters. The maximum Gasteiger partial charge on any atom is 0.191 e. The van der Waals surface area contributed by atoms with Crippen LogP contribution in [0.4, 0.5) is 0 Å². The lowest BCUT2D eigenvalue weighted by Gasteiger charge is -2.09. The quantitative estimate of drug-likeness (QED) is 0.412. The Kier molecular flexibility index (Phi) is 4.80. The monoisotopic (exact) mass is 363 g/mol. The van der Waals surface area contributed by atoms with Crippen LogP contribution >= 0.6 is 11.8 Å². The molecule has 0 N–H and O–H groups in total. The molecule has 0 bridgehead atoms. The van der Waals surface area contributed by atoms with E-state index in [2.05, 4.69) is 64.2 Å². The molecule has 0 spiro atoms. The van der Waals surface area contributed by atoms with Gasteiger partial charge in [-0.3, -0.25) is 0 Å². The number of rotatable bonds is 6. The number of nitrogens with zero attached hydrogens (tertiary/aromatic N) is 3. The molecule has 2 aromatic carbocycles. The first-order chi connectivity index (χ1) is 12.8. The summed E-state index contributed by atoms with van der Waals surface area (Å²) in [4.78, 5) is 0. The average Bonchev–Trinajstić information content (AvgIpc) is 3.26. The molecule has 0 aliphatic carbocycles. The van der Waals surface area contributed by atoms with Crippen molar-refractivity contribution in [2.75, 3.05) is 0 Å². The van der Waals surface area contributed by atoms with Crippen molar-refractivity contribution in [3.63, 3.8) is 0 Å². The van der Waals surface area contributed by atoms with E-state index in [1.807, 2.05) is 13.0 Å². The summed E-state index contributed by atoms with van der Waals surface area (Å²) in [5.41, 5.74) is 2.34. The Balaban J connectivity index is 1.64. The molecule has 0 aliphatic heterocycles. The minimum atomic E-state index is 0.869. The normalized spacial score (nSPS) is 11.3. The van der Waals surface area contributed by atoms with Gasteiger partial charge in [-0.25, -0.2) is 0 Å². The second kappa shape index (κ2) is 7.38. The molecule has 4 aromatic rings. The number of hydrogen-bond acceptors (Lipinski definition) is 4. The number of fused-ring (bicyclic) bond motifs is 1. The second-order valence-electron chi connectivity index (χ2n) is 6.28. The minimum absolute atomic E-state index is 0.869. The smallest absolute Gasteiger partial charge is 0.191 e. The number of aryl methyl sites for hydroxylation is 1. The van der Waals surface area contributed by atoms with E-state index >= 15 is 0 Å². The van der Waals surface area contributed by atoms with Gasteiger partial charge < -0.3 is 8.98 Å². The highest BCUT2D eigenvalue weighted by Gasteiger charge is 2.17. The van der Waals surface area contributed by atoms with E-state index in [0.717, 1.165) is 41.0 Å². The van der Waals surface area contributed by atoms with E-state index in [0.29, 0.717) is 0 Å². The second-order valence-corrected chi connectivity index (χ2v) is 7.22. The molecule has 0 radical (unpaired) electrons. The molecule has 0 aliphatic rings. The van der Waals surface area contributed by atoms with Crippen molar-refractivity contribution in [1.29, 1.82) is 0 Å². The van der Waals surface area contributed by atoms with Crippen molar-refractivity contribution < 1.29 is 4.42 Å². The summed E-state index contributed by atoms with van der Waals surface area (Å²) < 4.78 is 7.65. The molecule has 2 heterocycles. The molecular formula is C21H21N3OS. The lowest BCUT2D eigenvalue weighted by atomic mass is 10.1. The highest BCUT2D eigenvalue weighted by Crippen LogP contribution is 2.30. The van der Waals surface area contributed by atoms with Crippen molar-refractivity contribution in [1.82, 2.24) is 14.8 Å². The van der Waals surface area contributed by atoms with E-state index in [-0.39, 0.29) is 0 Å². The van der Waals surface area contributed by atoms with Crippen LogP contribution in [0.3, 0.4) is 0 Å². The lowest BCUT2D eigenvalue weighted by molar-refractivity contribution is 0.534. The third-order valence-corrected chi connectivity index (χ3v) is 5.52. The van der Waals surface area contributed by atoms with Crippen LogP contribution in [0.15, 0.2) is 64.4 Å². The number of aromatic nitrogens is 3. The summed E-state index contributed by atoms with van der Waals surface area (Å²) in [6.07, 6.45) is 2.74. The zero-order valence-electron chi connectivity index (χ0n) is 15.0. The maximum absolute atomic E-state index is 5.45. The van der Waals surface area contributed by atoms with Gasteiger partial charge in [0.1, 0.15) is 5.76 Å². The van der Waals surface area contributed by atoms with Gasteiger partial charge in [0, 0.05) is 12.3 Å². The van der Waals surface area contributed by atoms with Gasteiger partial charge in [0.25, 0.3) is 0 Å². The van der Waals surface area contributed by atoms with Crippen molar-refractivity contribution >= 4 is 22.5 Å². The first-order valence-corrected chi connectivity index (χ1v) is 9.83. The number of benzene rings is 2. The molecule has 2 aromatic heterocycles. The lowest BCUT2D eigenvalue weighted by Crippen LogP contribution is -2.02. The number of furan rings is 1. The zero-order chi connectivity index (χ0) is 17.9. The van der Waals surface area contributed by atoms with Gasteiger partial charge in [-0.1, -0.05) is 61.2 Å². The number of hydrogen-bond donors (Lipinski definition) is 0. The molecule has 132 valence electrons. The number of thioether (sulfide) groups is 1. The molecule has 5 heteroatoms. The van der Waals surface area contributed by atoms with Crippen molar-refractivity contribution in [2.24, 2.45) is 0 Å². The van der Waals surface area contributed by atoms with Crippen molar-refractivity contribution in [2.45, 2.75) is 37.7 Å². The molecule has 26 heavy (non-hydrogen) atoms. The summed E-state index contributed by atoms with van der Waals surface area (Å²) in [5.74, 6) is 2.63. The predicted octanol–water partition coefficient (Wildman–Crippen LogP) is 5.70. The fourth-order valence-corrected chi connectivity index (χ4v) is 4.17. The summed E-state index contributed by atoms with van der Waals surface area (Å²) in [6, 6.07) is 16.9. The highest BCUT2D eigenvalue weighted by atomic mass is 32.2. The summed E-state index contributed by atoms with van der Waals surface area (Å²) in [6.45, 7) is 5.03. The van der Waals surface area contributed by atoms with Gasteiger partial charge in [0.2, 0.25) is 0 Å². The molecule has 0 amide bonds. The molecular weight excluding hydrogens is 342 g/mol. The molecule has 4 rings (SSSR count). The van der Waals surface area contributed by atoms with Gasteiger partial charge in [0.05, 0.1) is 11.8 Å². The Morgan fingerprint density at radius 2 is 1.88 bits per heavy atom.